The summed E-state index contributed by atoms with van der Waals surface area (Å²) in [7, 11) is 0. The van der Waals surface area contributed by atoms with Crippen LogP contribution >= 0.6 is 0 Å². The van der Waals surface area contributed by atoms with Gasteiger partial charge in [0.05, 0.1) is 17.5 Å². The molecule has 1 saturated carbocycles. The van der Waals surface area contributed by atoms with Crippen molar-refractivity contribution in [3.05, 3.63) is 40.4 Å². The minimum absolute atomic E-state index is 0.126. The summed E-state index contributed by atoms with van der Waals surface area (Å²) in [5, 5.41) is 0.601. The monoisotopic (exact) mass is 287 g/mol. The molecule has 5 nitrogen and oxygen atoms in total. The topological polar surface area (TPSA) is 81.0 Å². The van der Waals surface area contributed by atoms with E-state index < -0.39 is 0 Å². The highest BCUT2D eigenvalue weighted by Crippen LogP contribution is 2.26. The first-order valence-corrected chi connectivity index (χ1v) is 7.51. The Morgan fingerprint density at radius 3 is 2.81 bits per heavy atom. The lowest BCUT2D eigenvalue weighted by Crippen LogP contribution is -2.46. The van der Waals surface area contributed by atoms with E-state index in [1.165, 1.54) is 19.3 Å². The van der Waals surface area contributed by atoms with Crippen LogP contribution in [0.1, 0.15) is 37.9 Å². The van der Waals surface area contributed by atoms with Crippen LogP contribution in [0.5, 0.6) is 0 Å². The molecule has 3 rings (SSSR count). The molecule has 1 aromatic heterocycles. The van der Waals surface area contributed by atoms with E-state index >= 15 is 0 Å². The zero-order valence-corrected chi connectivity index (χ0v) is 12.1. The number of ether oxygens (including phenoxy) is 1. The van der Waals surface area contributed by atoms with Crippen molar-refractivity contribution in [3.8, 4) is 0 Å². The van der Waals surface area contributed by atoms with Gasteiger partial charge in [0, 0.05) is 5.54 Å². The lowest BCUT2D eigenvalue weighted by Gasteiger charge is -2.32. The summed E-state index contributed by atoms with van der Waals surface area (Å²) < 4.78 is 5.71. The Morgan fingerprint density at radius 2 is 2.00 bits per heavy atom. The quantitative estimate of drug-likeness (QED) is 0.902. The minimum atomic E-state index is -0.213. The molecular weight excluding hydrogens is 266 g/mol. The van der Waals surface area contributed by atoms with Gasteiger partial charge in [0.15, 0.2) is 0 Å². The minimum Gasteiger partial charge on any atom is -0.372 e. The van der Waals surface area contributed by atoms with E-state index in [1.807, 2.05) is 18.2 Å². The van der Waals surface area contributed by atoms with Crippen LogP contribution in [0.15, 0.2) is 29.1 Å². The molecule has 1 fully saturated rings. The Bertz CT molecular complexity index is 675. The van der Waals surface area contributed by atoms with Crippen LogP contribution in [-0.2, 0) is 11.3 Å². The van der Waals surface area contributed by atoms with Gasteiger partial charge < -0.3 is 15.5 Å². The van der Waals surface area contributed by atoms with Gasteiger partial charge in [-0.1, -0.05) is 31.4 Å². The molecule has 0 unspecified atom stereocenters. The molecule has 1 aromatic carbocycles. The number of aromatic amines is 1. The van der Waals surface area contributed by atoms with E-state index in [4.69, 9.17) is 10.5 Å². The second-order valence-corrected chi connectivity index (χ2v) is 5.95. The number of fused-ring (bicyclic) bond motifs is 1. The van der Waals surface area contributed by atoms with Crippen molar-refractivity contribution < 1.29 is 4.74 Å². The van der Waals surface area contributed by atoms with Crippen LogP contribution in [0.2, 0.25) is 0 Å². The first-order chi connectivity index (χ1) is 10.2. The molecular formula is C16H21N3O2. The normalized spacial score (nSPS) is 18.0. The fourth-order valence-electron chi connectivity index (χ4n) is 2.95. The largest absolute Gasteiger partial charge is 0.372 e. The highest BCUT2D eigenvalue weighted by atomic mass is 16.5. The molecule has 3 N–H and O–H groups in total. The predicted molar refractivity (Wildman–Crippen MR) is 82.0 cm³/mol. The number of nitrogens with two attached hydrogens (primary N) is 1. The van der Waals surface area contributed by atoms with E-state index in [0.717, 1.165) is 12.8 Å². The van der Waals surface area contributed by atoms with Crippen LogP contribution in [0.4, 0.5) is 0 Å². The Morgan fingerprint density at radius 1 is 1.24 bits per heavy atom. The first kappa shape index (κ1) is 14.2. The number of hydrogen-bond acceptors (Lipinski definition) is 4. The van der Waals surface area contributed by atoms with Crippen molar-refractivity contribution in [1.29, 1.82) is 0 Å². The van der Waals surface area contributed by atoms with Gasteiger partial charge in [0.25, 0.3) is 5.56 Å². The van der Waals surface area contributed by atoms with E-state index in [0.29, 0.717) is 29.9 Å². The number of benzene rings is 1. The number of hydrogen-bond donors (Lipinski definition) is 2. The van der Waals surface area contributed by atoms with Gasteiger partial charge in [0.1, 0.15) is 12.4 Å². The smallest absolute Gasteiger partial charge is 0.258 e. The van der Waals surface area contributed by atoms with Crippen molar-refractivity contribution in [2.75, 3.05) is 6.61 Å². The molecule has 0 spiro atoms. The summed E-state index contributed by atoms with van der Waals surface area (Å²) in [6, 6.07) is 7.30. The summed E-state index contributed by atoms with van der Waals surface area (Å²) in [4.78, 5) is 19.1. The predicted octanol–water partition coefficient (Wildman–Crippen LogP) is 2.10. The Balaban J connectivity index is 1.67. The van der Waals surface area contributed by atoms with E-state index in [-0.39, 0.29) is 11.1 Å². The molecule has 0 bridgehead atoms. The van der Waals surface area contributed by atoms with E-state index in [9.17, 15) is 4.79 Å². The average Bonchev–Trinajstić information content (AvgIpc) is 2.48. The number of nitrogens with one attached hydrogen (secondary N) is 1. The van der Waals surface area contributed by atoms with Gasteiger partial charge in [-0.05, 0) is 25.0 Å². The first-order valence-electron chi connectivity index (χ1n) is 7.51. The molecule has 1 aliphatic carbocycles. The van der Waals surface area contributed by atoms with Gasteiger partial charge in [-0.3, -0.25) is 4.79 Å². The maximum absolute atomic E-state index is 12.0. The number of nitrogens with zero attached hydrogens (tertiary/aromatic N) is 1. The fraction of sp³-hybridized carbons (Fsp3) is 0.500. The molecule has 0 saturated heterocycles. The fourth-order valence-corrected chi connectivity index (χ4v) is 2.95. The van der Waals surface area contributed by atoms with Gasteiger partial charge in [-0.15, -0.1) is 0 Å². The number of aromatic nitrogens is 2. The Kier molecular flexibility index (Phi) is 4.03. The molecule has 5 heteroatoms. The molecule has 1 aliphatic rings. The number of H-pyrrole nitrogens is 1. The van der Waals surface area contributed by atoms with Crippen molar-refractivity contribution in [1.82, 2.24) is 9.97 Å². The number of rotatable bonds is 4. The van der Waals surface area contributed by atoms with Gasteiger partial charge in [-0.2, -0.15) is 0 Å². The highest BCUT2D eigenvalue weighted by Gasteiger charge is 2.27. The SMILES string of the molecule is NC1(COCc2nc3ccccc3c(=O)[nH]2)CCCCC1. The molecule has 112 valence electrons. The van der Waals surface area contributed by atoms with Crippen molar-refractivity contribution in [2.45, 2.75) is 44.2 Å². The summed E-state index contributed by atoms with van der Waals surface area (Å²) in [5.74, 6) is 0.554. The third-order valence-electron chi connectivity index (χ3n) is 4.14. The van der Waals surface area contributed by atoms with E-state index in [2.05, 4.69) is 9.97 Å². The molecule has 0 aliphatic heterocycles. The van der Waals surface area contributed by atoms with Crippen molar-refractivity contribution in [3.63, 3.8) is 0 Å². The van der Waals surface area contributed by atoms with Crippen LogP contribution in [0, 0.1) is 0 Å². The summed E-state index contributed by atoms with van der Waals surface area (Å²) >= 11 is 0. The van der Waals surface area contributed by atoms with Crippen LogP contribution in [0.25, 0.3) is 10.9 Å². The summed E-state index contributed by atoms with van der Waals surface area (Å²) in [6.07, 6.45) is 5.62. The van der Waals surface area contributed by atoms with Crippen molar-refractivity contribution in [2.24, 2.45) is 5.73 Å². The lowest BCUT2D eigenvalue weighted by atomic mass is 9.83. The number of para-hydroxylation sites is 1. The molecule has 2 aromatic rings. The molecule has 0 atom stereocenters. The zero-order valence-electron chi connectivity index (χ0n) is 12.1. The Labute approximate surface area is 123 Å². The van der Waals surface area contributed by atoms with Gasteiger partial charge in [0.2, 0.25) is 0 Å². The second-order valence-electron chi connectivity index (χ2n) is 5.95. The van der Waals surface area contributed by atoms with Crippen LogP contribution in [0.3, 0.4) is 0 Å². The lowest BCUT2D eigenvalue weighted by molar-refractivity contribution is 0.0540. The van der Waals surface area contributed by atoms with Crippen molar-refractivity contribution >= 4 is 10.9 Å². The molecule has 21 heavy (non-hydrogen) atoms. The molecule has 1 heterocycles. The molecule has 0 radical (unpaired) electrons. The van der Waals surface area contributed by atoms with Gasteiger partial charge >= 0.3 is 0 Å². The second kappa shape index (κ2) is 5.95. The van der Waals surface area contributed by atoms with Gasteiger partial charge in [-0.25, -0.2) is 4.98 Å². The van der Waals surface area contributed by atoms with Crippen LogP contribution < -0.4 is 11.3 Å². The Hall–Kier alpha value is -1.72. The third kappa shape index (κ3) is 3.31. The summed E-state index contributed by atoms with van der Waals surface area (Å²) in [5.41, 5.74) is 6.68. The zero-order chi connectivity index (χ0) is 14.7. The van der Waals surface area contributed by atoms with Crippen LogP contribution in [-0.4, -0.2) is 22.1 Å². The standard InChI is InChI=1S/C16H21N3O2/c17-16(8-4-1-5-9-16)11-21-10-14-18-13-7-3-2-6-12(13)15(20)19-14/h2-3,6-7H,1,4-5,8-11,17H2,(H,18,19,20). The molecule has 0 amide bonds. The highest BCUT2D eigenvalue weighted by molar-refractivity contribution is 5.77. The maximum Gasteiger partial charge on any atom is 0.258 e. The maximum atomic E-state index is 12.0. The van der Waals surface area contributed by atoms with E-state index in [1.54, 1.807) is 6.07 Å². The summed E-state index contributed by atoms with van der Waals surface area (Å²) in [6.45, 7) is 0.808. The third-order valence-corrected chi connectivity index (χ3v) is 4.14. The average molecular weight is 287 g/mol.